The Morgan fingerprint density at radius 3 is 2.26 bits per heavy atom. The van der Waals surface area contributed by atoms with Crippen molar-refractivity contribution in [2.24, 2.45) is 0 Å². The number of halogens is 5. The van der Waals surface area contributed by atoms with Crippen LogP contribution in [0.2, 0.25) is 20.1 Å². The standard InChI is InChI=1S/C23H21Cl4NO2.ClH/c1-2-29-22-10-15(12-28-13-16-5-3-4-6-19(16)25)9-21(27)23(22)30-14-17-7-8-18(24)11-20(17)26;/h3-11,28H,2,12-14H2,1H3;1H. The Morgan fingerprint density at radius 1 is 0.774 bits per heavy atom. The Bertz CT molecular complexity index is 1010. The molecule has 31 heavy (non-hydrogen) atoms. The van der Waals surface area contributed by atoms with Crippen molar-refractivity contribution < 1.29 is 9.47 Å². The van der Waals surface area contributed by atoms with Crippen LogP contribution in [0.5, 0.6) is 11.5 Å². The smallest absolute Gasteiger partial charge is 0.180 e. The third-order valence-electron chi connectivity index (χ3n) is 4.36. The van der Waals surface area contributed by atoms with Gasteiger partial charge in [0, 0.05) is 33.7 Å². The van der Waals surface area contributed by atoms with Gasteiger partial charge in [0.1, 0.15) is 6.61 Å². The maximum atomic E-state index is 6.51. The van der Waals surface area contributed by atoms with E-state index in [4.69, 9.17) is 55.9 Å². The van der Waals surface area contributed by atoms with Crippen molar-refractivity contribution in [3.05, 3.63) is 91.4 Å². The summed E-state index contributed by atoms with van der Waals surface area (Å²) in [6.07, 6.45) is 0. The fraction of sp³-hybridized carbons (Fsp3) is 0.217. The zero-order valence-corrected chi connectivity index (χ0v) is 20.6. The summed E-state index contributed by atoms with van der Waals surface area (Å²) in [4.78, 5) is 0. The highest BCUT2D eigenvalue weighted by Crippen LogP contribution is 2.37. The molecule has 0 saturated heterocycles. The fourth-order valence-electron chi connectivity index (χ4n) is 2.90. The first kappa shape index (κ1) is 25.9. The average molecular weight is 522 g/mol. The van der Waals surface area contributed by atoms with Crippen LogP contribution in [0, 0.1) is 0 Å². The summed E-state index contributed by atoms with van der Waals surface area (Å²) in [6.45, 7) is 3.91. The molecule has 0 heterocycles. The zero-order valence-electron chi connectivity index (χ0n) is 16.8. The molecular formula is C23H22Cl5NO2. The largest absolute Gasteiger partial charge is 0.490 e. The molecule has 0 aliphatic rings. The number of hydrogen-bond acceptors (Lipinski definition) is 3. The van der Waals surface area contributed by atoms with Gasteiger partial charge in [-0.25, -0.2) is 0 Å². The Morgan fingerprint density at radius 2 is 1.55 bits per heavy atom. The van der Waals surface area contributed by atoms with Crippen molar-refractivity contribution in [1.29, 1.82) is 0 Å². The SMILES string of the molecule is CCOc1cc(CNCc2ccccc2Cl)cc(Cl)c1OCc1ccc(Cl)cc1Cl.Cl. The number of hydrogen-bond donors (Lipinski definition) is 1. The van der Waals surface area contributed by atoms with Crippen LogP contribution in [0.25, 0.3) is 0 Å². The first-order valence-electron chi connectivity index (χ1n) is 9.44. The second-order valence-electron chi connectivity index (χ2n) is 6.56. The van der Waals surface area contributed by atoms with E-state index in [1.807, 2.05) is 49.4 Å². The second-order valence-corrected chi connectivity index (χ2v) is 8.22. The van der Waals surface area contributed by atoms with Crippen LogP contribution in [0.15, 0.2) is 54.6 Å². The van der Waals surface area contributed by atoms with Crippen LogP contribution >= 0.6 is 58.8 Å². The molecule has 0 aromatic heterocycles. The molecule has 0 fully saturated rings. The molecule has 3 aromatic carbocycles. The molecular weight excluding hydrogens is 500 g/mol. The minimum atomic E-state index is 0. The topological polar surface area (TPSA) is 30.5 Å². The lowest BCUT2D eigenvalue weighted by Gasteiger charge is -2.16. The first-order valence-corrected chi connectivity index (χ1v) is 10.9. The lowest BCUT2D eigenvalue weighted by molar-refractivity contribution is 0.269. The molecule has 8 heteroatoms. The van der Waals surface area contributed by atoms with Gasteiger partial charge in [-0.15, -0.1) is 12.4 Å². The van der Waals surface area contributed by atoms with Crippen molar-refractivity contribution in [2.45, 2.75) is 26.6 Å². The normalized spacial score (nSPS) is 10.5. The summed E-state index contributed by atoms with van der Waals surface area (Å²) in [6, 6.07) is 16.8. The first-order chi connectivity index (χ1) is 14.5. The van der Waals surface area contributed by atoms with Crippen LogP contribution in [-0.4, -0.2) is 6.61 Å². The van der Waals surface area contributed by atoms with Crippen molar-refractivity contribution >= 4 is 58.8 Å². The number of ether oxygens (including phenoxy) is 2. The van der Waals surface area contributed by atoms with E-state index in [2.05, 4.69) is 5.32 Å². The van der Waals surface area contributed by atoms with Crippen molar-refractivity contribution in [3.63, 3.8) is 0 Å². The summed E-state index contributed by atoms with van der Waals surface area (Å²) in [7, 11) is 0. The Labute approximate surface area is 209 Å². The minimum Gasteiger partial charge on any atom is -0.490 e. The van der Waals surface area contributed by atoms with Crippen molar-refractivity contribution in [2.75, 3.05) is 6.61 Å². The molecule has 1 N–H and O–H groups in total. The van der Waals surface area contributed by atoms with Gasteiger partial charge in [0.15, 0.2) is 11.5 Å². The second kappa shape index (κ2) is 12.6. The number of benzene rings is 3. The average Bonchev–Trinajstić information content (AvgIpc) is 2.70. The van der Waals surface area contributed by atoms with Gasteiger partial charge in [-0.3, -0.25) is 0 Å². The maximum absolute atomic E-state index is 6.51. The van der Waals surface area contributed by atoms with Crippen LogP contribution in [0.1, 0.15) is 23.6 Å². The molecule has 166 valence electrons. The van der Waals surface area contributed by atoms with Gasteiger partial charge in [-0.1, -0.05) is 70.7 Å². The fourth-order valence-corrected chi connectivity index (χ4v) is 3.85. The summed E-state index contributed by atoms with van der Waals surface area (Å²) < 4.78 is 11.7. The van der Waals surface area contributed by atoms with Gasteiger partial charge < -0.3 is 14.8 Å². The predicted molar refractivity (Wildman–Crippen MR) is 133 cm³/mol. The Kier molecular flexibility index (Phi) is 10.6. The summed E-state index contributed by atoms with van der Waals surface area (Å²) >= 11 is 24.9. The molecule has 0 atom stereocenters. The van der Waals surface area contributed by atoms with Gasteiger partial charge in [0.05, 0.1) is 11.6 Å². The third-order valence-corrected chi connectivity index (χ3v) is 5.60. The highest BCUT2D eigenvalue weighted by Gasteiger charge is 2.14. The van der Waals surface area contributed by atoms with E-state index in [9.17, 15) is 0 Å². The van der Waals surface area contributed by atoms with E-state index in [0.29, 0.717) is 46.3 Å². The molecule has 0 spiro atoms. The van der Waals surface area contributed by atoms with E-state index in [1.165, 1.54) is 0 Å². The maximum Gasteiger partial charge on any atom is 0.180 e. The molecule has 0 aliphatic heterocycles. The summed E-state index contributed by atoms with van der Waals surface area (Å²) in [5, 5.41) is 5.70. The van der Waals surface area contributed by atoms with E-state index < -0.39 is 0 Å². The van der Waals surface area contributed by atoms with Gasteiger partial charge in [-0.2, -0.15) is 0 Å². The summed E-state index contributed by atoms with van der Waals surface area (Å²) in [5.74, 6) is 1.07. The number of rotatable bonds is 9. The lowest BCUT2D eigenvalue weighted by Crippen LogP contribution is -2.13. The molecule has 3 nitrogen and oxygen atoms in total. The Hall–Kier alpha value is -1.33. The van der Waals surface area contributed by atoms with Crippen LogP contribution in [0.3, 0.4) is 0 Å². The van der Waals surface area contributed by atoms with E-state index >= 15 is 0 Å². The summed E-state index contributed by atoms with van der Waals surface area (Å²) in [5.41, 5.74) is 2.83. The molecule has 0 saturated carbocycles. The van der Waals surface area contributed by atoms with Crippen LogP contribution < -0.4 is 14.8 Å². The highest BCUT2D eigenvalue weighted by atomic mass is 35.5. The zero-order chi connectivity index (χ0) is 21.5. The quantitative estimate of drug-likeness (QED) is 0.310. The van der Waals surface area contributed by atoms with E-state index in [0.717, 1.165) is 21.7 Å². The van der Waals surface area contributed by atoms with Gasteiger partial charge in [-0.05, 0) is 48.4 Å². The molecule has 0 bridgehead atoms. The Balaban J connectivity index is 0.00000341. The molecule has 0 unspecified atom stereocenters. The van der Waals surface area contributed by atoms with E-state index in [1.54, 1.807) is 12.1 Å². The van der Waals surface area contributed by atoms with Gasteiger partial charge >= 0.3 is 0 Å². The predicted octanol–water partition coefficient (Wildman–Crippen LogP) is 7.99. The molecule has 3 aromatic rings. The molecule has 0 amide bonds. The molecule has 3 rings (SSSR count). The van der Waals surface area contributed by atoms with Crippen molar-refractivity contribution in [1.82, 2.24) is 5.32 Å². The highest BCUT2D eigenvalue weighted by molar-refractivity contribution is 6.35. The third kappa shape index (κ3) is 7.35. The van der Waals surface area contributed by atoms with Crippen LogP contribution in [0.4, 0.5) is 0 Å². The van der Waals surface area contributed by atoms with Gasteiger partial charge in [0.25, 0.3) is 0 Å². The van der Waals surface area contributed by atoms with E-state index in [-0.39, 0.29) is 19.0 Å². The molecule has 0 aliphatic carbocycles. The van der Waals surface area contributed by atoms with Gasteiger partial charge in [0.2, 0.25) is 0 Å². The lowest BCUT2D eigenvalue weighted by atomic mass is 10.1. The van der Waals surface area contributed by atoms with Crippen LogP contribution in [-0.2, 0) is 19.7 Å². The number of nitrogens with one attached hydrogen (secondary N) is 1. The molecule has 0 radical (unpaired) electrons. The van der Waals surface area contributed by atoms with Crippen molar-refractivity contribution in [3.8, 4) is 11.5 Å². The minimum absolute atomic E-state index is 0. The monoisotopic (exact) mass is 519 g/mol.